The van der Waals surface area contributed by atoms with Crippen molar-refractivity contribution in [3.63, 3.8) is 0 Å². The monoisotopic (exact) mass is 296 g/mol. The first-order valence-electron chi connectivity index (χ1n) is 8.87. The molecule has 1 saturated carbocycles. The molecular weight excluding hydrogens is 264 g/mol. The van der Waals surface area contributed by atoms with Gasteiger partial charge in [0, 0.05) is 43.7 Å². The lowest BCUT2D eigenvalue weighted by Crippen LogP contribution is -2.56. The summed E-state index contributed by atoms with van der Waals surface area (Å²) in [5.41, 5.74) is 0.311. The lowest BCUT2D eigenvalue weighted by Gasteiger charge is -2.46. The maximum atomic E-state index is 5.88. The van der Waals surface area contributed by atoms with Crippen molar-refractivity contribution >= 4 is 0 Å². The second kappa shape index (κ2) is 6.95. The van der Waals surface area contributed by atoms with E-state index >= 15 is 0 Å². The Bertz CT molecular complexity index is 327. The quantitative estimate of drug-likeness (QED) is 0.813. The molecule has 0 aromatic heterocycles. The highest BCUT2D eigenvalue weighted by Crippen LogP contribution is 2.32. The van der Waals surface area contributed by atoms with E-state index in [1.54, 1.807) is 0 Å². The van der Waals surface area contributed by atoms with Gasteiger partial charge < -0.3 is 14.8 Å². The summed E-state index contributed by atoms with van der Waals surface area (Å²) in [6, 6.07) is 1.37. The Kier molecular flexibility index (Phi) is 5.20. The molecule has 2 saturated heterocycles. The number of morpholine rings is 1. The summed E-state index contributed by atoms with van der Waals surface area (Å²) in [5, 5.41) is 3.76. The van der Waals surface area contributed by atoms with Crippen molar-refractivity contribution in [2.75, 3.05) is 39.5 Å². The Morgan fingerprint density at radius 1 is 1.33 bits per heavy atom. The van der Waals surface area contributed by atoms with Crippen LogP contribution in [0.4, 0.5) is 0 Å². The van der Waals surface area contributed by atoms with Gasteiger partial charge >= 0.3 is 0 Å². The van der Waals surface area contributed by atoms with E-state index in [0.717, 1.165) is 39.0 Å². The summed E-state index contributed by atoms with van der Waals surface area (Å²) >= 11 is 0. The molecule has 21 heavy (non-hydrogen) atoms. The van der Waals surface area contributed by atoms with Gasteiger partial charge in [0.2, 0.25) is 0 Å². The number of nitrogens with zero attached hydrogens (tertiary/aromatic N) is 1. The van der Waals surface area contributed by atoms with Gasteiger partial charge in [-0.3, -0.25) is 4.90 Å². The highest BCUT2D eigenvalue weighted by molar-refractivity contribution is 4.93. The Labute approximate surface area is 129 Å². The lowest BCUT2D eigenvalue weighted by atomic mass is 9.81. The predicted molar refractivity (Wildman–Crippen MR) is 84.6 cm³/mol. The number of hydrogen-bond donors (Lipinski definition) is 1. The third-order valence-electron chi connectivity index (χ3n) is 5.34. The van der Waals surface area contributed by atoms with Crippen molar-refractivity contribution < 1.29 is 9.47 Å². The van der Waals surface area contributed by atoms with Gasteiger partial charge in [-0.15, -0.1) is 0 Å². The Morgan fingerprint density at radius 2 is 2.19 bits per heavy atom. The van der Waals surface area contributed by atoms with Gasteiger partial charge in [-0.2, -0.15) is 0 Å². The molecular formula is C17H32N2O2. The van der Waals surface area contributed by atoms with Crippen LogP contribution in [0.3, 0.4) is 0 Å². The molecule has 3 aliphatic rings. The van der Waals surface area contributed by atoms with Crippen LogP contribution < -0.4 is 5.32 Å². The van der Waals surface area contributed by atoms with Gasteiger partial charge in [0.25, 0.3) is 0 Å². The predicted octanol–water partition coefficient (Wildman–Crippen LogP) is 2.03. The Balaban J connectivity index is 1.63. The topological polar surface area (TPSA) is 33.7 Å². The molecule has 1 aliphatic carbocycles. The third-order valence-corrected chi connectivity index (χ3v) is 5.34. The molecule has 1 N–H and O–H groups in total. The largest absolute Gasteiger partial charge is 0.381 e. The fourth-order valence-electron chi connectivity index (χ4n) is 3.79. The van der Waals surface area contributed by atoms with Gasteiger partial charge in [-0.25, -0.2) is 0 Å². The molecule has 122 valence electrons. The van der Waals surface area contributed by atoms with E-state index in [2.05, 4.69) is 24.1 Å². The fourth-order valence-corrected chi connectivity index (χ4v) is 3.79. The second-order valence-corrected chi connectivity index (χ2v) is 7.45. The molecule has 3 atom stereocenters. The molecule has 3 fully saturated rings. The first kappa shape index (κ1) is 15.7. The van der Waals surface area contributed by atoms with Crippen molar-refractivity contribution in [3.05, 3.63) is 0 Å². The minimum Gasteiger partial charge on any atom is -0.381 e. The van der Waals surface area contributed by atoms with Gasteiger partial charge in [0.1, 0.15) is 0 Å². The molecule has 0 bridgehead atoms. The summed E-state index contributed by atoms with van der Waals surface area (Å²) in [7, 11) is 0. The average molecular weight is 296 g/mol. The number of nitrogens with one attached hydrogen (secondary N) is 1. The standard InChI is InChI=1S/C17H32N2O2/c1-3-16-10-21-14(2)9-19(16)12-17(7-4-8-20-13-17)11-18-15-5-6-15/h14-16,18H,3-13H2,1-2H3. The summed E-state index contributed by atoms with van der Waals surface area (Å²) in [5.74, 6) is 0. The SMILES string of the molecule is CCC1COC(C)CN1CC1(CNC2CC2)CCCOC1. The van der Waals surface area contributed by atoms with E-state index in [4.69, 9.17) is 9.47 Å². The van der Waals surface area contributed by atoms with E-state index in [0.29, 0.717) is 17.6 Å². The number of rotatable bonds is 6. The first-order chi connectivity index (χ1) is 10.2. The van der Waals surface area contributed by atoms with E-state index in [1.807, 2.05) is 0 Å². The van der Waals surface area contributed by atoms with Crippen LogP contribution in [0.25, 0.3) is 0 Å². The van der Waals surface area contributed by atoms with Crippen LogP contribution >= 0.6 is 0 Å². The maximum Gasteiger partial charge on any atom is 0.0674 e. The second-order valence-electron chi connectivity index (χ2n) is 7.45. The zero-order chi connectivity index (χ0) is 14.7. The first-order valence-corrected chi connectivity index (χ1v) is 8.87. The van der Waals surface area contributed by atoms with Crippen molar-refractivity contribution in [2.24, 2.45) is 5.41 Å². The minimum atomic E-state index is 0.311. The van der Waals surface area contributed by atoms with Crippen LogP contribution in [0, 0.1) is 5.41 Å². The molecule has 0 amide bonds. The summed E-state index contributed by atoms with van der Waals surface area (Å²) in [6.45, 7) is 10.6. The van der Waals surface area contributed by atoms with E-state index in [-0.39, 0.29) is 0 Å². The molecule has 4 heteroatoms. The third kappa shape index (κ3) is 4.19. The molecule has 0 spiro atoms. The molecule has 2 aliphatic heterocycles. The molecule has 3 unspecified atom stereocenters. The molecule has 0 aromatic rings. The van der Waals surface area contributed by atoms with Crippen molar-refractivity contribution in [1.82, 2.24) is 10.2 Å². The van der Waals surface area contributed by atoms with Gasteiger partial charge in [0.05, 0.1) is 19.3 Å². The maximum absolute atomic E-state index is 5.88. The van der Waals surface area contributed by atoms with Crippen molar-refractivity contribution in [1.29, 1.82) is 0 Å². The van der Waals surface area contributed by atoms with Crippen LogP contribution in [-0.2, 0) is 9.47 Å². The minimum absolute atomic E-state index is 0.311. The van der Waals surface area contributed by atoms with Gasteiger partial charge in [0.15, 0.2) is 0 Å². The zero-order valence-corrected chi connectivity index (χ0v) is 13.8. The normalized spacial score (nSPS) is 38.6. The summed E-state index contributed by atoms with van der Waals surface area (Å²) in [4.78, 5) is 2.68. The molecule has 0 radical (unpaired) electrons. The van der Waals surface area contributed by atoms with Crippen LogP contribution in [0.2, 0.25) is 0 Å². The van der Waals surface area contributed by atoms with E-state index < -0.39 is 0 Å². The van der Waals surface area contributed by atoms with Gasteiger partial charge in [-0.1, -0.05) is 6.92 Å². The summed E-state index contributed by atoms with van der Waals surface area (Å²) < 4.78 is 11.7. The molecule has 0 aromatic carbocycles. The van der Waals surface area contributed by atoms with E-state index in [1.165, 1.54) is 38.6 Å². The van der Waals surface area contributed by atoms with Crippen LogP contribution in [-0.4, -0.2) is 62.5 Å². The van der Waals surface area contributed by atoms with Crippen molar-refractivity contribution in [3.8, 4) is 0 Å². The van der Waals surface area contributed by atoms with Crippen LogP contribution in [0.5, 0.6) is 0 Å². The Morgan fingerprint density at radius 3 is 2.86 bits per heavy atom. The average Bonchev–Trinajstić information content (AvgIpc) is 3.31. The smallest absolute Gasteiger partial charge is 0.0674 e. The fraction of sp³-hybridized carbons (Fsp3) is 1.00. The molecule has 2 heterocycles. The Hall–Kier alpha value is -0.160. The van der Waals surface area contributed by atoms with Gasteiger partial charge in [-0.05, 0) is 39.0 Å². The summed E-state index contributed by atoms with van der Waals surface area (Å²) in [6.07, 6.45) is 6.79. The van der Waals surface area contributed by atoms with Crippen LogP contribution in [0.1, 0.15) is 46.0 Å². The van der Waals surface area contributed by atoms with Crippen LogP contribution in [0.15, 0.2) is 0 Å². The molecule has 3 rings (SSSR count). The highest BCUT2D eigenvalue weighted by Gasteiger charge is 2.39. The molecule has 4 nitrogen and oxygen atoms in total. The van der Waals surface area contributed by atoms with Crippen molar-refractivity contribution in [2.45, 2.75) is 64.1 Å². The van der Waals surface area contributed by atoms with E-state index in [9.17, 15) is 0 Å². The zero-order valence-electron chi connectivity index (χ0n) is 13.8. The number of ether oxygens (including phenoxy) is 2. The number of hydrogen-bond acceptors (Lipinski definition) is 4. The lowest BCUT2D eigenvalue weighted by molar-refractivity contribution is -0.0902. The highest BCUT2D eigenvalue weighted by atomic mass is 16.5.